The fourth-order valence-electron chi connectivity index (χ4n) is 1.30. The number of rotatable bonds is 2. The molecule has 0 saturated carbocycles. The maximum Gasteiger partial charge on any atom is 0.147 e. The molecule has 0 aliphatic heterocycles. The first-order valence-electron chi connectivity index (χ1n) is 4.89. The minimum atomic E-state index is 0.102. The lowest BCUT2D eigenvalue weighted by molar-refractivity contribution is 0.445. The van der Waals surface area contributed by atoms with Gasteiger partial charge in [-0.25, -0.2) is 0 Å². The van der Waals surface area contributed by atoms with Crippen molar-refractivity contribution in [2.75, 3.05) is 0 Å². The highest BCUT2D eigenvalue weighted by Gasteiger charge is 2.13. The summed E-state index contributed by atoms with van der Waals surface area (Å²) in [5.41, 5.74) is 0. The largest absolute Gasteiger partial charge is 0.505 e. The van der Waals surface area contributed by atoms with Crippen LogP contribution in [0.4, 0.5) is 0 Å². The van der Waals surface area contributed by atoms with Gasteiger partial charge in [0.05, 0.1) is 8.95 Å². The van der Waals surface area contributed by atoms with Crippen LogP contribution in [0, 0.1) is 0 Å². The summed E-state index contributed by atoms with van der Waals surface area (Å²) in [7, 11) is 0. The highest BCUT2D eigenvalue weighted by atomic mass is 79.9. The predicted octanol–water partition coefficient (Wildman–Crippen LogP) is 7.00. The van der Waals surface area contributed by atoms with Gasteiger partial charge >= 0.3 is 0 Å². The van der Waals surface area contributed by atoms with Gasteiger partial charge < -0.3 is 9.84 Å². The maximum atomic E-state index is 9.83. The van der Waals surface area contributed by atoms with Gasteiger partial charge in [0.1, 0.15) is 21.7 Å². The fraction of sp³-hybridized carbons (Fsp3) is 0. The van der Waals surface area contributed by atoms with E-state index in [1.54, 1.807) is 12.1 Å². The van der Waals surface area contributed by atoms with Crippen LogP contribution in [0.1, 0.15) is 0 Å². The number of aromatic hydroxyl groups is 1. The third-order valence-corrected chi connectivity index (χ3v) is 6.10. The molecule has 2 aromatic rings. The first-order valence-corrected chi connectivity index (χ1v) is 8.86. The number of halogens is 5. The van der Waals surface area contributed by atoms with Crippen LogP contribution in [0.5, 0.6) is 17.2 Å². The van der Waals surface area contributed by atoms with Gasteiger partial charge in [-0.3, -0.25) is 0 Å². The summed E-state index contributed by atoms with van der Waals surface area (Å²) in [5, 5.41) is 9.83. The molecule has 0 spiro atoms. The van der Waals surface area contributed by atoms with Crippen LogP contribution in [0.2, 0.25) is 0 Å². The highest BCUT2D eigenvalue weighted by molar-refractivity contribution is 9.13. The van der Waals surface area contributed by atoms with E-state index in [1.807, 2.05) is 12.1 Å². The van der Waals surface area contributed by atoms with E-state index in [0.29, 0.717) is 20.4 Å². The maximum absolute atomic E-state index is 9.83. The van der Waals surface area contributed by atoms with Crippen molar-refractivity contribution in [1.82, 2.24) is 0 Å². The zero-order chi connectivity index (χ0) is 14.2. The Morgan fingerprint density at radius 2 is 1.37 bits per heavy atom. The summed E-state index contributed by atoms with van der Waals surface area (Å²) >= 11 is 16.8. The topological polar surface area (TPSA) is 29.5 Å². The van der Waals surface area contributed by atoms with Crippen LogP contribution in [0.15, 0.2) is 46.6 Å². The summed E-state index contributed by atoms with van der Waals surface area (Å²) < 4.78 is 9.48. The monoisotopic (exact) mass is 576 g/mol. The Morgan fingerprint density at radius 1 is 0.737 bits per heavy atom. The molecule has 0 heterocycles. The van der Waals surface area contributed by atoms with Crippen LogP contribution >= 0.6 is 79.6 Å². The molecule has 0 aliphatic carbocycles. The van der Waals surface area contributed by atoms with Crippen molar-refractivity contribution < 1.29 is 9.84 Å². The molecule has 0 radical (unpaired) electrons. The summed E-state index contributed by atoms with van der Waals surface area (Å²) in [6.45, 7) is 0. The summed E-state index contributed by atoms with van der Waals surface area (Å²) in [6, 6.07) is 7.19. The van der Waals surface area contributed by atoms with Gasteiger partial charge in [0.2, 0.25) is 0 Å². The second-order valence-electron chi connectivity index (χ2n) is 3.51. The Morgan fingerprint density at radius 3 is 2.05 bits per heavy atom. The summed E-state index contributed by atoms with van der Waals surface area (Å²) in [4.78, 5) is 0. The molecule has 100 valence electrons. The first-order chi connectivity index (χ1) is 8.90. The SMILES string of the molecule is Oc1c(Br)ccc(Oc2cc(Br)c(Br)cc2Br)c1Br. The third kappa shape index (κ3) is 3.56. The van der Waals surface area contributed by atoms with Gasteiger partial charge in [0, 0.05) is 8.95 Å². The van der Waals surface area contributed by atoms with Gasteiger partial charge in [0.25, 0.3) is 0 Å². The highest BCUT2D eigenvalue weighted by Crippen LogP contribution is 2.43. The molecular weight excluding hydrogens is 576 g/mol. The van der Waals surface area contributed by atoms with Crippen molar-refractivity contribution in [1.29, 1.82) is 0 Å². The van der Waals surface area contributed by atoms with E-state index in [2.05, 4.69) is 79.6 Å². The van der Waals surface area contributed by atoms with Crippen molar-refractivity contribution in [3.63, 3.8) is 0 Å². The molecule has 0 aliphatic rings. The molecule has 2 nitrogen and oxygen atoms in total. The van der Waals surface area contributed by atoms with Crippen LogP contribution in [-0.2, 0) is 0 Å². The molecule has 0 aromatic heterocycles. The van der Waals surface area contributed by atoms with Gasteiger partial charge in [-0.15, -0.1) is 0 Å². The number of phenols is 1. The molecule has 0 atom stereocenters. The molecule has 0 saturated heterocycles. The van der Waals surface area contributed by atoms with E-state index in [1.165, 1.54) is 0 Å². The van der Waals surface area contributed by atoms with Crippen LogP contribution < -0.4 is 4.74 Å². The van der Waals surface area contributed by atoms with E-state index < -0.39 is 0 Å². The smallest absolute Gasteiger partial charge is 0.147 e. The Hall–Kier alpha value is 0.440. The zero-order valence-corrected chi connectivity index (χ0v) is 17.0. The average molecular weight is 581 g/mol. The van der Waals surface area contributed by atoms with Gasteiger partial charge in [-0.1, -0.05) is 0 Å². The molecule has 2 aromatic carbocycles. The molecule has 19 heavy (non-hydrogen) atoms. The Kier molecular flexibility index (Phi) is 5.39. The molecule has 7 heteroatoms. The second-order valence-corrected chi connectivity index (χ2v) is 7.72. The van der Waals surface area contributed by atoms with E-state index in [-0.39, 0.29) is 5.75 Å². The van der Waals surface area contributed by atoms with Crippen molar-refractivity contribution in [3.05, 3.63) is 46.6 Å². The standard InChI is InChI=1S/C12H5Br5O2/c13-5-1-2-9(11(17)12(5)18)19-10-4-7(15)6(14)3-8(10)16/h1-4,18H. The first kappa shape index (κ1) is 15.8. The van der Waals surface area contributed by atoms with E-state index in [0.717, 1.165) is 13.4 Å². The number of benzene rings is 2. The Labute approximate surface area is 152 Å². The fourth-order valence-corrected chi connectivity index (χ4v) is 3.72. The lowest BCUT2D eigenvalue weighted by Gasteiger charge is -2.12. The Bertz CT molecular complexity index is 643. The van der Waals surface area contributed by atoms with E-state index >= 15 is 0 Å². The van der Waals surface area contributed by atoms with E-state index in [4.69, 9.17) is 4.74 Å². The van der Waals surface area contributed by atoms with Crippen molar-refractivity contribution in [3.8, 4) is 17.2 Å². The molecule has 0 fully saturated rings. The van der Waals surface area contributed by atoms with Gasteiger partial charge in [0.15, 0.2) is 0 Å². The quantitative estimate of drug-likeness (QED) is 0.388. The second kappa shape index (κ2) is 6.47. The average Bonchev–Trinajstić information content (AvgIpc) is 2.36. The lowest BCUT2D eigenvalue weighted by atomic mass is 10.3. The molecule has 0 unspecified atom stereocenters. The van der Waals surface area contributed by atoms with Crippen LogP contribution in [0.25, 0.3) is 0 Å². The summed E-state index contributed by atoms with van der Waals surface area (Å²) in [6.07, 6.45) is 0. The zero-order valence-electron chi connectivity index (χ0n) is 9.05. The van der Waals surface area contributed by atoms with Gasteiger partial charge in [-0.05, 0) is 104 Å². The number of phenolic OH excluding ortho intramolecular Hbond substituents is 1. The van der Waals surface area contributed by atoms with E-state index in [9.17, 15) is 5.11 Å². The van der Waals surface area contributed by atoms with Crippen molar-refractivity contribution in [2.24, 2.45) is 0 Å². The Balaban J connectivity index is 2.42. The minimum Gasteiger partial charge on any atom is -0.505 e. The molecule has 0 bridgehead atoms. The van der Waals surface area contributed by atoms with Gasteiger partial charge in [-0.2, -0.15) is 0 Å². The minimum absolute atomic E-state index is 0.102. The molecule has 2 rings (SSSR count). The summed E-state index contributed by atoms with van der Waals surface area (Å²) in [5.74, 6) is 1.26. The third-order valence-electron chi connectivity index (χ3n) is 2.23. The molecule has 1 N–H and O–H groups in total. The van der Waals surface area contributed by atoms with Crippen LogP contribution in [-0.4, -0.2) is 5.11 Å². The van der Waals surface area contributed by atoms with Crippen molar-refractivity contribution in [2.45, 2.75) is 0 Å². The molecular formula is C12H5Br5O2. The van der Waals surface area contributed by atoms with Crippen LogP contribution in [0.3, 0.4) is 0 Å². The number of hydrogen-bond acceptors (Lipinski definition) is 2. The number of hydrogen-bond donors (Lipinski definition) is 1. The molecule has 0 amide bonds. The lowest BCUT2D eigenvalue weighted by Crippen LogP contribution is -1.88. The number of ether oxygens (including phenoxy) is 1. The van der Waals surface area contributed by atoms with Crippen molar-refractivity contribution >= 4 is 79.6 Å². The predicted molar refractivity (Wildman–Crippen MR) is 93.1 cm³/mol. The normalized spacial score (nSPS) is 10.6.